The van der Waals surface area contributed by atoms with Crippen molar-refractivity contribution >= 4 is 29.0 Å². The third-order valence-electron chi connectivity index (χ3n) is 4.62. The monoisotopic (exact) mass is 398 g/mol. The van der Waals surface area contributed by atoms with E-state index in [2.05, 4.69) is 50.6 Å². The lowest BCUT2D eigenvalue weighted by Crippen LogP contribution is -2.29. The summed E-state index contributed by atoms with van der Waals surface area (Å²) in [7, 11) is 0. The van der Waals surface area contributed by atoms with Crippen molar-refractivity contribution in [3.05, 3.63) is 53.4 Å². The second kappa shape index (κ2) is 8.27. The quantitative estimate of drug-likeness (QED) is 0.573. The van der Waals surface area contributed by atoms with Crippen molar-refractivity contribution in [2.45, 2.75) is 36.9 Å². The fraction of sp³-hybridized carbons (Fsp3) is 0.350. The lowest BCUT2D eigenvalue weighted by atomic mass is 10.0. The number of nitrogens with zero attached hydrogens (tertiary/aromatic N) is 3. The predicted octanol–water partition coefficient (Wildman–Crippen LogP) is 4.35. The summed E-state index contributed by atoms with van der Waals surface area (Å²) in [4.78, 5) is 13.4. The minimum absolute atomic E-state index is 0.0331. The standard InChI is InChI=1S/C20H22N4OS2/c1-14(15-6-3-2-4-7-15)12-21-18(25)13-27-20-23-22-19(17-8-5-11-26-17)24(20)16-9-10-16/h2-8,11,14,16H,9-10,12-13H2,1H3,(H,21,25)/t14-/m1/s1. The molecule has 0 aliphatic heterocycles. The first-order chi connectivity index (χ1) is 13.2. The van der Waals surface area contributed by atoms with E-state index in [0.29, 0.717) is 24.3 Å². The maximum atomic E-state index is 12.3. The number of rotatable bonds is 8. The Hall–Kier alpha value is -2.12. The highest BCUT2D eigenvalue weighted by molar-refractivity contribution is 7.99. The van der Waals surface area contributed by atoms with Crippen LogP contribution in [0.15, 0.2) is 53.0 Å². The highest BCUT2D eigenvalue weighted by atomic mass is 32.2. The van der Waals surface area contributed by atoms with E-state index in [9.17, 15) is 4.79 Å². The van der Waals surface area contributed by atoms with E-state index >= 15 is 0 Å². The third kappa shape index (κ3) is 4.42. The van der Waals surface area contributed by atoms with Crippen molar-refractivity contribution in [3.8, 4) is 10.7 Å². The maximum Gasteiger partial charge on any atom is 0.230 e. The third-order valence-corrected chi connectivity index (χ3v) is 6.43. The fourth-order valence-corrected chi connectivity index (χ4v) is 4.50. The van der Waals surface area contributed by atoms with E-state index in [1.54, 1.807) is 11.3 Å². The molecule has 1 N–H and O–H groups in total. The molecule has 140 valence electrons. The molecule has 1 atom stereocenters. The van der Waals surface area contributed by atoms with Crippen LogP contribution in [0.5, 0.6) is 0 Å². The van der Waals surface area contributed by atoms with Crippen LogP contribution in [0, 0.1) is 0 Å². The number of carbonyl (C=O) groups is 1. The highest BCUT2D eigenvalue weighted by Gasteiger charge is 2.30. The van der Waals surface area contributed by atoms with Crippen LogP contribution in [0.4, 0.5) is 0 Å². The van der Waals surface area contributed by atoms with Crippen LogP contribution in [-0.2, 0) is 4.79 Å². The summed E-state index contributed by atoms with van der Waals surface area (Å²) in [6, 6.07) is 14.8. The zero-order valence-electron chi connectivity index (χ0n) is 15.2. The zero-order chi connectivity index (χ0) is 18.6. The van der Waals surface area contributed by atoms with E-state index in [1.807, 2.05) is 24.3 Å². The molecule has 0 spiro atoms. The number of amides is 1. The molecule has 0 unspecified atom stereocenters. The molecule has 5 nitrogen and oxygen atoms in total. The fourth-order valence-electron chi connectivity index (χ4n) is 2.96. The molecule has 3 aromatic rings. The Morgan fingerprint density at radius 2 is 2.07 bits per heavy atom. The average molecular weight is 399 g/mol. The smallest absolute Gasteiger partial charge is 0.230 e. The summed E-state index contributed by atoms with van der Waals surface area (Å²) in [6.45, 7) is 2.76. The van der Waals surface area contributed by atoms with Crippen LogP contribution in [0.1, 0.15) is 37.3 Å². The lowest BCUT2D eigenvalue weighted by Gasteiger charge is -2.13. The molecular weight excluding hydrogens is 376 g/mol. The number of aromatic nitrogens is 3. The molecule has 2 heterocycles. The molecule has 0 saturated heterocycles. The number of nitrogens with one attached hydrogen (secondary N) is 1. The number of benzene rings is 1. The van der Waals surface area contributed by atoms with Gasteiger partial charge in [0.25, 0.3) is 0 Å². The molecule has 1 fully saturated rings. The molecule has 1 aromatic carbocycles. The van der Waals surface area contributed by atoms with Crippen molar-refractivity contribution in [2.75, 3.05) is 12.3 Å². The van der Waals surface area contributed by atoms with Gasteiger partial charge in [-0.1, -0.05) is 55.1 Å². The van der Waals surface area contributed by atoms with Crippen molar-refractivity contribution in [1.82, 2.24) is 20.1 Å². The Morgan fingerprint density at radius 3 is 2.78 bits per heavy atom. The molecule has 0 bridgehead atoms. The van der Waals surface area contributed by atoms with Gasteiger partial charge in [-0.05, 0) is 35.8 Å². The van der Waals surface area contributed by atoms with Gasteiger partial charge in [0.15, 0.2) is 11.0 Å². The Labute approximate surface area is 167 Å². The topological polar surface area (TPSA) is 59.8 Å². The Balaban J connectivity index is 1.34. The first kappa shape index (κ1) is 18.3. The lowest BCUT2D eigenvalue weighted by molar-refractivity contribution is -0.118. The Morgan fingerprint density at radius 1 is 1.26 bits per heavy atom. The first-order valence-electron chi connectivity index (χ1n) is 9.15. The SMILES string of the molecule is C[C@H](CNC(=O)CSc1nnc(-c2cccs2)n1C1CC1)c1ccccc1. The Bertz CT molecular complexity index is 888. The van der Waals surface area contributed by atoms with E-state index in [0.717, 1.165) is 28.7 Å². The van der Waals surface area contributed by atoms with Gasteiger partial charge < -0.3 is 5.32 Å². The largest absolute Gasteiger partial charge is 0.355 e. The summed E-state index contributed by atoms with van der Waals surface area (Å²) in [6.07, 6.45) is 2.32. The average Bonchev–Trinajstić information content (AvgIpc) is 3.22. The van der Waals surface area contributed by atoms with E-state index in [1.165, 1.54) is 17.3 Å². The van der Waals surface area contributed by atoms with Gasteiger partial charge in [0.1, 0.15) is 0 Å². The van der Waals surface area contributed by atoms with Gasteiger partial charge in [-0.3, -0.25) is 9.36 Å². The van der Waals surface area contributed by atoms with Gasteiger partial charge in [-0.25, -0.2) is 0 Å². The summed E-state index contributed by atoms with van der Waals surface area (Å²) in [5.41, 5.74) is 1.24. The normalized spacial score (nSPS) is 14.9. The molecule has 2 aromatic heterocycles. The molecular formula is C20H22N4OS2. The van der Waals surface area contributed by atoms with Crippen LogP contribution in [0.2, 0.25) is 0 Å². The molecule has 1 aliphatic carbocycles. The second-order valence-corrected chi connectivity index (χ2v) is 8.68. The van der Waals surface area contributed by atoms with Gasteiger partial charge in [-0.15, -0.1) is 21.5 Å². The van der Waals surface area contributed by atoms with Crippen molar-refractivity contribution < 1.29 is 4.79 Å². The molecule has 1 saturated carbocycles. The summed E-state index contributed by atoms with van der Waals surface area (Å²) >= 11 is 3.14. The molecule has 7 heteroatoms. The van der Waals surface area contributed by atoms with Crippen molar-refractivity contribution in [2.24, 2.45) is 0 Å². The highest BCUT2D eigenvalue weighted by Crippen LogP contribution is 2.41. The molecule has 4 rings (SSSR count). The van der Waals surface area contributed by atoms with Crippen molar-refractivity contribution in [1.29, 1.82) is 0 Å². The number of hydrogen-bond donors (Lipinski definition) is 1. The van der Waals surface area contributed by atoms with Crippen LogP contribution in [0.3, 0.4) is 0 Å². The van der Waals surface area contributed by atoms with Crippen LogP contribution in [0.25, 0.3) is 10.7 Å². The predicted molar refractivity (Wildman–Crippen MR) is 110 cm³/mol. The summed E-state index contributed by atoms with van der Waals surface area (Å²) < 4.78 is 2.20. The summed E-state index contributed by atoms with van der Waals surface area (Å²) in [5, 5.41) is 14.7. The Kier molecular flexibility index (Phi) is 5.59. The van der Waals surface area contributed by atoms with Gasteiger partial charge >= 0.3 is 0 Å². The number of carbonyl (C=O) groups excluding carboxylic acids is 1. The van der Waals surface area contributed by atoms with Crippen LogP contribution >= 0.6 is 23.1 Å². The van der Waals surface area contributed by atoms with Gasteiger partial charge in [-0.2, -0.15) is 0 Å². The van der Waals surface area contributed by atoms with Gasteiger partial charge in [0, 0.05) is 12.6 Å². The molecule has 1 amide bonds. The minimum atomic E-state index is 0.0331. The first-order valence-corrected chi connectivity index (χ1v) is 11.0. The summed E-state index contributed by atoms with van der Waals surface area (Å²) in [5.74, 6) is 1.61. The van der Waals surface area contributed by atoms with E-state index in [4.69, 9.17) is 0 Å². The second-order valence-electron chi connectivity index (χ2n) is 6.79. The zero-order valence-corrected chi connectivity index (χ0v) is 16.8. The number of thioether (sulfide) groups is 1. The molecule has 27 heavy (non-hydrogen) atoms. The minimum Gasteiger partial charge on any atom is -0.355 e. The van der Waals surface area contributed by atoms with Crippen molar-refractivity contribution in [3.63, 3.8) is 0 Å². The van der Waals surface area contributed by atoms with Crippen LogP contribution < -0.4 is 5.32 Å². The molecule has 0 radical (unpaired) electrons. The number of hydrogen-bond acceptors (Lipinski definition) is 5. The maximum absolute atomic E-state index is 12.3. The van der Waals surface area contributed by atoms with Crippen LogP contribution in [-0.4, -0.2) is 33.0 Å². The van der Waals surface area contributed by atoms with Gasteiger partial charge in [0.05, 0.1) is 10.6 Å². The molecule has 1 aliphatic rings. The van der Waals surface area contributed by atoms with E-state index in [-0.39, 0.29) is 5.91 Å². The van der Waals surface area contributed by atoms with Gasteiger partial charge in [0.2, 0.25) is 5.91 Å². The van der Waals surface area contributed by atoms with E-state index < -0.39 is 0 Å². The number of thiophene rings is 1.